The van der Waals surface area contributed by atoms with E-state index in [1.165, 1.54) is 11.1 Å². The second-order valence-corrected chi connectivity index (χ2v) is 5.96. The maximum absolute atomic E-state index is 12.4. The van der Waals surface area contributed by atoms with Crippen LogP contribution >= 0.6 is 0 Å². The molecule has 3 unspecified atom stereocenters. The van der Waals surface area contributed by atoms with Gasteiger partial charge in [0, 0.05) is 18.5 Å². The zero-order chi connectivity index (χ0) is 13.2. The SMILES string of the molecule is CC1CNCC1NC(=O)C1CCc2ccccc2C1. The molecule has 1 saturated heterocycles. The van der Waals surface area contributed by atoms with Gasteiger partial charge in [0.15, 0.2) is 0 Å². The number of hydrogen-bond donors (Lipinski definition) is 2. The van der Waals surface area contributed by atoms with Crippen molar-refractivity contribution in [1.29, 1.82) is 0 Å². The van der Waals surface area contributed by atoms with Crippen LogP contribution in [0.15, 0.2) is 24.3 Å². The molecular formula is C16H22N2O. The lowest BCUT2D eigenvalue weighted by Crippen LogP contribution is -2.43. The van der Waals surface area contributed by atoms with Crippen molar-refractivity contribution in [2.24, 2.45) is 11.8 Å². The van der Waals surface area contributed by atoms with Gasteiger partial charge in [-0.1, -0.05) is 31.2 Å². The summed E-state index contributed by atoms with van der Waals surface area (Å²) in [4.78, 5) is 12.4. The summed E-state index contributed by atoms with van der Waals surface area (Å²) in [6.45, 7) is 4.12. The van der Waals surface area contributed by atoms with Crippen molar-refractivity contribution < 1.29 is 4.79 Å². The minimum Gasteiger partial charge on any atom is -0.352 e. The van der Waals surface area contributed by atoms with Gasteiger partial charge in [0.2, 0.25) is 5.91 Å². The second kappa shape index (κ2) is 5.33. The van der Waals surface area contributed by atoms with Gasteiger partial charge >= 0.3 is 0 Å². The van der Waals surface area contributed by atoms with Gasteiger partial charge in [-0.25, -0.2) is 0 Å². The van der Waals surface area contributed by atoms with Gasteiger partial charge in [-0.05, 0) is 42.9 Å². The smallest absolute Gasteiger partial charge is 0.223 e. The molecule has 0 saturated carbocycles. The quantitative estimate of drug-likeness (QED) is 0.844. The summed E-state index contributed by atoms with van der Waals surface area (Å²) in [7, 11) is 0. The Morgan fingerprint density at radius 2 is 2.05 bits per heavy atom. The van der Waals surface area contributed by atoms with E-state index in [0.29, 0.717) is 12.0 Å². The Hall–Kier alpha value is -1.35. The lowest BCUT2D eigenvalue weighted by molar-refractivity contribution is -0.126. The van der Waals surface area contributed by atoms with Crippen LogP contribution in [0.1, 0.15) is 24.5 Å². The first-order valence-electron chi connectivity index (χ1n) is 7.32. The van der Waals surface area contributed by atoms with Crippen molar-refractivity contribution in [2.45, 2.75) is 32.2 Å². The number of aryl methyl sites for hydroxylation is 1. The van der Waals surface area contributed by atoms with Crippen LogP contribution in [0, 0.1) is 11.8 Å². The van der Waals surface area contributed by atoms with Crippen molar-refractivity contribution in [3.63, 3.8) is 0 Å². The number of rotatable bonds is 2. The molecular weight excluding hydrogens is 236 g/mol. The van der Waals surface area contributed by atoms with Crippen molar-refractivity contribution in [2.75, 3.05) is 13.1 Å². The molecule has 0 spiro atoms. The summed E-state index contributed by atoms with van der Waals surface area (Å²) in [5.74, 6) is 0.942. The van der Waals surface area contributed by atoms with Crippen molar-refractivity contribution >= 4 is 5.91 Å². The van der Waals surface area contributed by atoms with E-state index >= 15 is 0 Å². The fourth-order valence-electron chi connectivity index (χ4n) is 3.23. The van der Waals surface area contributed by atoms with E-state index in [2.05, 4.69) is 41.8 Å². The first kappa shape index (κ1) is 12.7. The number of hydrogen-bond acceptors (Lipinski definition) is 2. The molecule has 0 radical (unpaired) electrons. The Labute approximate surface area is 114 Å². The number of nitrogens with one attached hydrogen (secondary N) is 2. The number of carbonyl (C=O) groups is 1. The van der Waals surface area contributed by atoms with Crippen LogP contribution in [0.3, 0.4) is 0 Å². The third kappa shape index (κ3) is 2.66. The highest BCUT2D eigenvalue weighted by Crippen LogP contribution is 2.25. The number of benzene rings is 1. The average molecular weight is 258 g/mol. The Kier molecular flexibility index (Phi) is 3.56. The van der Waals surface area contributed by atoms with Crippen LogP contribution in [0.25, 0.3) is 0 Å². The van der Waals surface area contributed by atoms with Crippen LogP contribution in [0.5, 0.6) is 0 Å². The molecule has 0 aromatic heterocycles. The molecule has 2 N–H and O–H groups in total. The van der Waals surface area contributed by atoms with Gasteiger partial charge in [-0.15, -0.1) is 0 Å². The first-order valence-corrected chi connectivity index (χ1v) is 7.32. The van der Waals surface area contributed by atoms with E-state index in [1.807, 2.05) is 0 Å². The molecule has 1 aromatic carbocycles. The largest absolute Gasteiger partial charge is 0.352 e. The summed E-state index contributed by atoms with van der Waals surface area (Å²) in [6, 6.07) is 8.82. The highest BCUT2D eigenvalue weighted by atomic mass is 16.1. The van der Waals surface area contributed by atoms with E-state index in [-0.39, 0.29) is 11.8 Å². The third-order valence-corrected chi connectivity index (χ3v) is 4.56. The van der Waals surface area contributed by atoms with E-state index in [0.717, 1.165) is 32.4 Å². The molecule has 3 nitrogen and oxygen atoms in total. The van der Waals surface area contributed by atoms with Crippen LogP contribution in [-0.2, 0) is 17.6 Å². The van der Waals surface area contributed by atoms with Crippen molar-refractivity contribution in [3.8, 4) is 0 Å². The van der Waals surface area contributed by atoms with Crippen LogP contribution < -0.4 is 10.6 Å². The lowest BCUT2D eigenvalue weighted by Gasteiger charge is -2.26. The zero-order valence-electron chi connectivity index (χ0n) is 11.5. The maximum atomic E-state index is 12.4. The number of fused-ring (bicyclic) bond motifs is 1. The Bertz CT molecular complexity index is 472. The molecule has 1 heterocycles. The number of carbonyl (C=O) groups excluding carboxylic acids is 1. The first-order chi connectivity index (χ1) is 9.24. The monoisotopic (exact) mass is 258 g/mol. The van der Waals surface area contributed by atoms with Gasteiger partial charge in [-0.2, -0.15) is 0 Å². The van der Waals surface area contributed by atoms with E-state index < -0.39 is 0 Å². The second-order valence-electron chi connectivity index (χ2n) is 5.96. The van der Waals surface area contributed by atoms with Gasteiger partial charge in [-0.3, -0.25) is 4.79 Å². The zero-order valence-corrected chi connectivity index (χ0v) is 11.5. The molecule has 3 rings (SSSR count). The summed E-state index contributed by atoms with van der Waals surface area (Å²) in [5.41, 5.74) is 2.77. The summed E-state index contributed by atoms with van der Waals surface area (Å²) in [5, 5.41) is 6.56. The molecule has 19 heavy (non-hydrogen) atoms. The Morgan fingerprint density at radius 3 is 2.79 bits per heavy atom. The normalized spacial score (nSPS) is 29.8. The fourth-order valence-corrected chi connectivity index (χ4v) is 3.23. The lowest BCUT2D eigenvalue weighted by atomic mass is 9.83. The molecule has 1 amide bonds. The van der Waals surface area contributed by atoms with E-state index in [9.17, 15) is 4.79 Å². The topological polar surface area (TPSA) is 41.1 Å². The summed E-state index contributed by atoms with van der Waals surface area (Å²) < 4.78 is 0. The van der Waals surface area contributed by atoms with Crippen LogP contribution in [0.2, 0.25) is 0 Å². The van der Waals surface area contributed by atoms with Crippen molar-refractivity contribution in [1.82, 2.24) is 10.6 Å². The molecule has 2 aliphatic rings. The highest BCUT2D eigenvalue weighted by molar-refractivity contribution is 5.79. The molecule has 1 aromatic rings. The standard InChI is InChI=1S/C16H22N2O/c1-11-9-17-10-15(11)18-16(19)14-7-6-12-4-2-3-5-13(12)8-14/h2-5,11,14-15,17H,6-10H2,1H3,(H,18,19). The molecule has 3 atom stereocenters. The maximum Gasteiger partial charge on any atom is 0.223 e. The molecule has 3 heteroatoms. The van der Waals surface area contributed by atoms with Crippen molar-refractivity contribution in [3.05, 3.63) is 35.4 Å². The molecule has 1 aliphatic carbocycles. The van der Waals surface area contributed by atoms with E-state index in [1.54, 1.807) is 0 Å². The van der Waals surface area contributed by atoms with Crippen LogP contribution in [-0.4, -0.2) is 25.0 Å². The highest BCUT2D eigenvalue weighted by Gasteiger charge is 2.29. The van der Waals surface area contributed by atoms with E-state index in [4.69, 9.17) is 0 Å². The third-order valence-electron chi connectivity index (χ3n) is 4.56. The van der Waals surface area contributed by atoms with Gasteiger partial charge in [0.25, 0.3) is 0 Å². The minimum atomic E-state index is 0.155. The fraction of sp³-hybridized carbons (Fsp3) is 0.562. The predicted molar refractivity (Wildman–Crippen MR) is 75.9 cm³/mol. The molecule has 102 valence electrons. The molecule has 1 aliphatic heterocycles. The Morgan fingerprint density at radius 1 is 1.26 bits per heavy atom. The number of amides is 1. The van der Waals surface area contributed by atoms with Crippen LogP contribution in [0.4, 0.5) is 0 Å². The minimum absolute atomic E-state index is 0.155. The van der Waals surface area contributed by atoms with Gasteiger partial charge in [0.05, 0.1) is 0 Å². The summed E-state index contributed by atoms with van der Waals surface area (Å²) in [6.07, 6.45) is 2.92. The van der Waals surface area contributed by atoms with Gasteiger partial charge < -0.3 is 10.6 Å². The molecule has 0 bridgehead atoms. The average Bonchev–Trinajstić information content (AvgIpc) is 2.84. The molecule has 1 fully saturated rings. The van der Waals surface area contributed by atoms with Gasteiger partial charge in [0.1, 0.15) is 0 Å². The Balaban J connectivity index is 1.63. The summed E-state index contributed by atoms with van der Waals surface area (Å²) >= 11 is 0. The predicted octanol–water partition coefficient (Wildman–Crippen LogP) is 1.52.